The van der Waals surface area contributed by atoms with Gasteiger partial charge in [0.1, 0.15) is 18.1 Å². The monoisotopic (exact) mass is 569 g/mol. The van der Waals surface area contributed by atoms with Crippen LogP contribution in [0.15, 0.2) is 56.1 Å². The SMILES string of the molecule is CS(=O)(=O)NC(=O)C1CC(OCCOc2cc(Br)ccc2-c2cc(=O)c3cccc(Cl)c3o2)C1. The Morgan fingerprint density at radius 1 is 1.21 bits per heavy atom. The van der Waals surface area contributed by atoms with Crippen LogP contribution in [0.1, 0.15) is 12.8 Å². The van der Waals surface area contributed by atoms with Gasteiger partial charge in [0, 0.05) is 16.5 Å². The van der Waals surface area contributed by atoms with E-state index < -0.39 is 15.9 Å². The molecule has 1 amide bonds. The molecule has 0 bridgehead atoms. The zero-order chi connectivity index (χ0) is 24.5. The quantitative estimate of drug-likeness (QED) is 0.405. The number of amides is 1. The van der Waals surface area contributed by atoms with Gasteiger partial charge in [0.25, 0.3) is 0 Å². The highest BCUT2D eigenvalue weighted by atomic mass is 79.9. The van der Waals surface area contributed by atoms with Gasteiger partial charge in [0.15, 0.2) is 11.0 Å². The number of rotatable bonds is 8. The summed E-state index contributed by atoms with van der Waals surface area (Å²) in [6.07, 6.45) is 1.71. The topological polar surface area (TPSA) is 112 Å². The van der Waals surface area contributed by atoms with E-state index in [1.54, 1.807) is 30.3 Å². The normalized spacial score (nSPS) is 17.9. The number of ether oxygens (including phenoxy) is 2. The Labute approximate surface area is 209 Å². The minimum Gasteiger partial charge on any atom is -0.490 e. The molecule has 34 heavy (non-hydrogen) atoms. The number of para-hydroxylation sites is 1. The maximum absolute atomic E-state index is 12.6. The van der Waals surface area contributed by atoms with Gasteiger partial charge in [0.05, 0.1) is 34.9 Å². The van der Waals surface area contributed by atoms with E-state index in [2.05, 4.69) is 15.9 Å². The number of benzene rings is 2. The summed E-state index contributed by atoms with van der Waals surface area (Å²) in [7, 11) is -3.56. The van der Waals surface area contributed by atoms with E-state index in [9.17, 15) is 18.0 Å². The van der Waals surface area contributed by atoms with Crippen LogP contribution < -0.4 is 14.9 Å². The summed E-state index contributed by atoms with van der Waals surface area (Å²) in [5.74, 6) is -0.0615. The highest BCUT2D eigenvalue weighted by molar-refractivity contribution is 9.10. The lowest BCUT2D eigenvalue weighted by Gasteiger charge is -2.33. The zero-order valence-corrected chi connectivity index (χ0v) is 21.2. The molecule has 1 heterocycles. The number of carbonyl (C=O) groups excluding carboxylic acids is 1. The average molecular weight is 571 g/mol. The van der Waals surface area contributed by atoms with Gasteiger partial charge in [-0.2, -0.15) is 0 Å². The van der Waals surface area contributed by atoms with Crippen LogP contribution in [-0.2, 0) is 19.6 Å². The number of hydrogen-bond acceptors (Lipinski definition) is 7. The average Bonchev–Trinajstić information content (AvgIpc) is 2.71. The number of sulfonamides is 1. The summed E-state index contributed by atoms with van der Waals surface area (Å²) in [6, 6.07) is 11.8. The molecule has 0 atom stereocenters. The Bertz CT molecular complexity index is 1400. The van der Waals surface area contributed by atoms with Gasteiger partial charge >= 0.3 is 0 Å². The van der Waals surface area contributed by atoms with E-state index in [1.165, 1.54) is 6.07 Å². The van der Waals surface area contributed by atoms with Crippen LogP contribution in [0.25, 0.3) is 22.3 Å². The largest absolute Gasteiger partial charge is 0.490 e. The van der Waals surface area contributed by atoms with Gasteiger partial charge in [0.2, 0.25) is 15.9 Å². The number of nitrogens with one attached hydrogen (secondary N) is 1. The van der Waals surface area contributed by atoms with Crippen molar-refractivity contribution in [3.05, 3.63) is 62.2 Å². The van der Waals surface area contributed by atoms with Crippen molar-refractivity contribution in [3.63, 3.8) is 0 Å². The molecule has 0 spiro atoms. The third-order valence-electron chi connectivity index (χ3n) is 5.36. The highest BCUT2D eigenvalue weighted by Crippen LogP contribution is 2.35. The lowest BCUT2D eigenvalue weighted by molar-refractivity contribution is -0.132. The predicted molar refractivity (Wildman–Crippen MR) is 132 cm³/mol. The van der Waals surface area contributed by atoms with Crippen LogP contribution >= 0.6 is 27.5 Å². The van der Waals surface area contributed by atoms with Crippen molar-refractivity contribution in [2.75, 3.05) is 19.5 Å². The van der Waals surface area contributed by atoms with Crippen molar-refractivity contribution in [2.24, 2.45) is 5.92 Å². The van der Waals surface area contributed by atoms with E-state index >= 15 is 0 Å². The van der Waals surface area contributed by atoms with E-state index in [0.717, 1.165) is 10.7 Å². The first-order valence-corrected chi connectivity index (χ1v) is 13.5. The molecule has 0 saturated heterocycles. The lowest BCUT2D eigenvalue weighted by atomic mass is 9.82. The fourth-order valence-corrected chi connectivity index (χ4v) is 4.73. The molecule has 1 aliphatic carbocycles. The van der Waals surface area contributed by atoms with Crippen LogP contribution in [0.2, 0.25) is 5.02 Å². The highest BCUT2D eigenvalue weighted by Gasteiger charge is 2.36. The van der Waals surface area contributed by atoms with E-state index in [4.69, 9.17) is 25.5 Å². The number of carbonyl (C=O) groups is 1. The minimum absolute atomic E-state index is 0.137. The lowest BCUT2D eigenvalue weighted by Crippen LogP contribution is -2.44. The molecule has 4 rings (SSSR count). The molecule has 2 aromatic carbocycles. The molecule has 11 heteroatoms. The van der Waals surface area contributed by atoms with Gasteiger partial charge in [-0.15, -0.1) is 0 Å². The summed E-state index contributed by atoms with van der Waals surface area (Å²) in [5, 5.41) is 0.738. The van der Waals surface area contributed by atoms with Crippen molar-refractivity contribution < 1.29 is 27.1 Å². The zero-order valence-electron chi connectivity index (χ0n) is 18.0. The van der Waals surface area contributed by atoms with E-state index in [-0.39, 0.29) is 30.7 Å². The summed E-state index contributed by atoms with van der Waals surface area (Å²) >= 11 is 9.65. The van der Waals surface area contributed by atoms with E-state index in [0.29, 0.717) is 45.9 Å². The summed E-state index contributed by atoms with van der Waals surface area (Å²) in [6.45, 7) is 0.489. The minimum atomic E-state index is -3.56. The number of hydrogen-bond donors (Lipinski definition) is 1. The fraction of sp³-hybridized carbons (Fsp3) is 0.304. The van der Waals surface area contributed by atoms with Crippen molar-refractivity contribution >= 4 is 54.4 Å². The number of halogens is 2. The van der Waals surface area contributed by atoms with Gasteiger partial charge in [-0.25, -0.2) is 8.42 Å². The first-order valence-electron chi connectivity index (χ1n) is 10.4. The Balaban J connectivity index is 1.39. The molecule has 0 unspecified atom stereocenters. The van der Waals surface area contributed by atoms with Crippen LogP contribution in [0.3, 0.4) is 0 Å². The molecule has 1 aromatic heterocycles. The van der Waals surface area contributed by atoms with Crippen LogP contribution in [0, 0.1) is 5.92 Å². The second kappa shape index (κ2) is 10.1. The molecule has 0 aliphatic heterocycles. The molecular formula is C23H21BrClNO7S. The predicted octanol–water partition coefficient (Wildman–Crippen LogP) is 4.13. The number of fused-ring (bicyclic) bond motifs is 1. The van der Waals surface area contributed by atoms with Crippen LogP contribution in [0.4, 0.5) is 0 Å². The Kier molecular flexibility index (Phi) is 7.32. The summed E-state index contributed by atoms with van der Waals surface area (Å²) in [4.78, 5) is 24.4. The first-order chi connectivity index (χ1) is 16.1. The smallest absolute Gasteiger partial charge is 0.236 e. The molecular weight excluding hydrogens is 550 g/mol. The van der Waals surface area contributed by atoms with E-state index in [1.807, 2.05) is 10.8 Å². The maximum atomic E-state index is 12.6. The Morgan fingerprint density at radius 3 is 2.71 bits per heavy atom. The second-order valence-corrected chi connectivity index (χ2v) is 11.1. The molecule has 3 aromatic rings. The van der Waals surface area contributed by atoms with Crippen molar-refractivity contribution in [2.45, 2.75) is 18.9 Å². The molecule has 1 saturated carbocycles. The Morgan fingerprint density at radius 2 is 1.97 bits per heavy atom. The summed E-state index contributed by atoms with van der Waals surface area (Å²) in [5.41, 5.74) is 0.682. The third-order valence-corrected chi connectivity index (χ3v) is 6.72. The standard InChI is InChI=1S/C23H21BrClNO7S/c1-34(29,30)26-23(28)13-9-15(10-13)31-7-8-32-20-11-14(24)5-6-17(20)21-12-19(27)16-3-2-4-18(25)22(16)33-21/h2-6,11-13,15H,7-10H2,1H3,(H,26,28). The molecule has 0 radical (unpaired) electrons. The Hall–Kier alpha value is -2.40. The third kappa shape index (κ3) is 5.80. The molecule has 1 aliphatic rings. The van der Waals surface area contributed by atoms with Crippen molar-refractivity contribution in [1.82, 2.24) is 4.72 Å². The van der Waals surface area contributed by atoms with Gasteiger partial charge in [-0.1, -0.05) is 33.6 Å². The molecule has 180 valence electrons. The molecule has 1 N–H and O–H groups in total. The molecule has 1 fully saturated rings. The second-order valence-electron chi connectivity index (χ2n) is 7.98. The molecule has 8 nitrogen and oxygen atoms in total. The fourth-order valence-electron chi connectivity index (χ4n) is 3.64. The van der Waals surface area contributed by atoms with Crippen LogP contribution in [-0.4, -0.2) is 39.9 Å². The first kappa shape index (κ1) is 24.7. The summed E-state index contributed by atoms with van der Waals surface area (Å²) < 4.78 is 42.6. The van der Waals surface area contributed by atoms with Gasteiger partial charge < -0.3 is 13.9 Å². The maximum Gasteiger partial charge on any atom is 0.236 e. The van der Waals surface area contributed by atoms with Crippen molar-refractivity contribution in [3.8, 4) is 17.1 Å². The van der Waals surface area contributed by atoms with Gasteiger partial charge in [-0.05, 0) is 43.2 Å². The van der Waals surface area contributed by atoms with Crippen molar-refractivity contribution in [1.29, 1.82) is 0 Å². The van der Waals surface area contributed by atoms with Gasteiger partial charge in [-0.3, -0.25) is 14.3 Å². The van der Waals surface area contributed by atoms with Crippen LogP contribution in [0.5, 0.6) is 5.75 Å².